The molecule has 132 valence electrons. The van der Waals surface area contributed by atoms with E-state index in [4.69, 9.17) is 4.74 Å². The number of ether oxygens (including phenoxy) is 1. The SMILES string of the molecule is O=C1C[C@H](c2cccs2)Cc2nc(NCCN3CCOCC3)ncc21. The lowest BCUT2D eigenvalue weighted by atomic mass is 9.86. The molecule has 0 saturated carbocycles. The van der Waals surface area contributed by atoms with Gasteiger partial charge in [0.05, 0.1) is 24.5 Å². The summed E-state index contributed by atoms with van der Waals surface area (Å²) in [7, 11) is 0. The molecule has 2 aromatic heterocycles. The lowest BCUT2D eigenvalue weighted by molar-refractivity contribution is 0.0398. The van der Waals surface area contributed by atoms with Crippen LogP contribution in [-0.2, 0) is 11.2 Å². The summed E-state index contributed by atoms with van der Waals surface area (Å²) in [5.74, 6) is 1.02. The summed E-state index contributed by atoms with van der Waals surface area (Å²) in [6, 6.07) is 4.15. The van der Waals surface area contributed by atoms with Crippen molar-refractivity contribution in [3.8, 4) is 0 Å². The van der Waals surface area contributed by atoms with Gasteiger partial charge in [-0.2, -0.15) is 0 Å². The van der Waals surface area contributed by atoms with E-state index in [1.807, 2.05) is 6.07 Å². The van der Waals surface area contributed by atoms with Crippen molar-refractivity contribution in [3.63, 3.8) is 0 Å². The second kappa shape index (κ2) is 7.59. The number of hydrogen-bond acceptors (Lipinski definition) is 7. The normalized spacial score (nSPS) is 21.1. The van der Waals surface area contributed by atoms with Crippen molar-refractivity contribution in [1.29, 1.82) is 0 Å². The Kier molecular flexibility index (Phi) is 5.05. The van der Waals surface area contributed by atoms with Crippen LogP contribution in [0.5, 0.6) is 0 Å². The highest BCUT2D eigenvalue weighted by atomic mass is 32.1. The molecular formula is C18H22N4O2S. The minimum atomic E-state index is 0.152. The van der Waals surface area contributed by atoms with E-state index in [1.165, 1.54) is 4.88 Å². The molecule has 0 spiro atoms. The van der Waals surface area contributed by atoms with Gasteiger partial charge < -0.3 is 10.1 Å². The fraction of sp³-hybridized carbons (Fsp3) is 0.500. The summed E-state index contributed by atoms with van der Waals surface area (Å²) in [6.07, 6.45) is 3.05. The standard InChI is InChI=1S/C18H22N4O2S/c23-16-11-13(17-2-1-9-25-17)10-15-14(16)12-20-18(21-15)19-3-4-22-5-7-24-8-6-22/h1-2,9,12-13H,3-8,10-11H2,(H,19,20,21)/t13-/m1/s1. The quantitative estimate of drug-likeness (QED) is 0.884. The molecule has 1 aliphatic carbocycles. The average Bonchev–Trinajstić information content (AvgIpc) is 3.17. The smallest absolute Gasteiger partial charge is 0.222 e. The predicted molar refractivity (Wildman–Crippen MR) is 97.5 cm³/mol. The molecule has 2 aliphatic rings. The van der Waals surface area contributed by atoms with Crippen LogP contribution in [0.1, 0.15) is 33.3 Å². The van der Waals surface area contributed by atoms with Crippen LogP contribution in [0.4, 0.5) is 5.95 Å². The Bertz CT molecular complexity index is 729. The number of carbonyl (C=O) groups is 1. The fourth-order valence-electron chi connectivity index (χ4n) is 3.41. The molecule has 0 aromatic carbocycles. The van der Waals surface area contributed by atoms with Crippen LogP contribution >= 0.6 is 11.3 Å². The summed E-state index contributed by atoms with van der Waals surface area (Å²) in [5, 5.41) is 5.36. The van der Waals surface area contributed by atoms with E-state index in [0.29, 0.717) is 17.9 Å². The van der Waals surface area contributed by atoms with E-state index in [1.54, 1.807) is 17.5 Å². The first kappa shape index (κ1) is 16.6. The van der Waals surface area contributed by atoms with Crippen molar-refractivity contribution in [3.05, 3.63) is 39.8 Å². The largest absolute Gasteiger partial charge is 0.379 e. The molecule has 4 rings (SSSR count). The van der Waals surface area contributed by atoms with Crippen LogP contribution in [0.25, 0.3) is 0 Å². The Hall–Kier alpha value is -1.83. The van der Waals surface area contributed by atoms with Gasteiger partial charge in [-0.25, -0.2) is 9.97 Å². The molecule has 0 amide bonds. The Morgan fingerprint density at radius 1 is 1.32 bits per heavy atom. The number of anilines is 1. The predicted octanol–water partition coefficient (Wildman–Crippen LogP) is 2.19. The van der Waals surface area contributed by atoms with E-state index in [9.17, 15) is 4.79 Å². The van der Waals surface area contributed by atoms with E-state index in [0.717, 1.165) is 51.5 Å². The number of Topliss-reactive ketones (excluding diaryl/α,β-unsaturated/α-hetero) is 1. The van der Waals surface area contributed by atoms with E-state index >= 15 is 0 Å². The lowest BCUT2D eigenvalue weighted by Gasteiger charge is -2.26. The van der Waals surface area contributed by atoms with Crippen molar-refractivity contribution in [1.82, 2.24) is 14.9 Å². The molecule has 0 radical (unpaired) electrons. The molecule has 2 aromatic rings. The summed E-state index contributed by atoms with van der Waals surface area (Å²) in [6.45, 7) is 5.30. The van der Waals surface area contributed by atoms with Crippen molar-refractivity contribution < 1.29 is 9.53 Å². The van der Waals surface area contributed by atoms with E-state index in [-0.39, 0.29) is 11.7 Å². The number of nitrogens with one attached hydrogen (secondary N) is 1. The number of nitrogens with zero attached hydrogens (tertiary/aromatic N) is 3. The highest BCUT2D eigenvalue weighted by Gasteiger charge is 2.28. The van der Waals surface area contributed by atoms with Crippen LogP contribution in [0, 0.1) is 0 Å². The Morgan fingerprint density at radius 3 is 3.00 bits per heavy atom. The third-order valence-corrected chi connectivity index (χ3v) is 5.83. The molecule has 1 N–H and O–H groups in total. The zero-order valence-corrected chi connectivity index (χ0v) is 14.9. The molecule has 6 nitrogen and oxygen atoms in total. The topological polar surface area (TPSA) is 67.4 Å². The summed E-state index contributed by atoms with van der Waals surface area (Å²) >= 11 is 1.71. The van der Waals surface area contributed by atoms with Crippen molar-refractivity contribution in [2.75, 3.05) is 44.7 Å². The molecule has 25 heavy (non-hydrogen) atoms. The Labute approximate surface area is 151 Å². The van der Waals surface area contributed by atoms with Gasteiger partial charge in [0.1, 0.15) is 0 Å². The number of thiophene rings is 1. The molecule has 1 aliphatic heterocycles. The lowest BCUT2D eigenvalue weighted by Crippen LogP contribution is -2.39. The second-order valence-electron chi connectivity index (χ2n) is 6.48. The number of ketones is 1. The van der Waals surface area contributed by atoms with Gasteiger partial charge in [-0.1, -0.05) is 6.07 Å². The molecule has 1 fully saturated rings. The van der Waals surface area contributed by atoms with Crippen LogP contribution < -0.4 is 5.32 Å². The van der Waals surface area contributed by atoms with Crippen LogP contribution in [-0.4, -0.2) is 60.0 Å². The highest BCUT2D eigenvalue weighted by molar-refractivity contribution is 7.10. The molecule has 1 saturated heterocycles. The van der Waals surface area contributed by atoms with Gasteiger partial charge in [0.15, 0.2) is 5.78 Å². The van der Waals surface area contributed by atoms with Gasteiger partial charge in [-0.05, 0) is 17.9 Å². The zero-order valence-electron chi connectivity index (χ0n) is 14.1. The maximum atomic E-state index is 12.4. The summed E-state index contributed by atoms with van der Waals surface area (Å²) in [5.41, 5.74) is 1.56. The van der Waals surface area contributed by atoms with Gasteiger partial charge >= 0.3 is 0 Å². The second-order valence-corrected chi connectivity index (χ2v) is 7.46. The Balaban J connectivity index is 1.40. The number of aromatic nitrogens is 2. The monoisotopic (exact) mass is 358 g/mol. The van der Waals surface area contributed by atoms with E-state index < -0.39 is 0 Å². The van der Waals surface area contributed by atoms with Gasteiger partial charge in [0.2, 0.25) is 5.95 Å². The molecule has 3 heterocycles. The van der Waals surface area contributed by atoms with Gasteiger partial charge in [0.25, 0.3) is 0 Å². The highest BCUT2D eigenvalue weighted by Crippen LogP contribution is 2.34. The van der Waals surface area contributed by atoms with Crippen molar-refractivity contribution in [2.24, 2.45) is 0 Å². The summed E-state index contributed by atoms with van der Waals surface area (Å²) < 4.78 is 5.36. The molecular weight excluding hydrogens is 336 g/mol. The maximum Gasteiger partial charge on any atom is 0.222 e. The van der Waals surface area contributed by atoms with Crippen molar-refractivity contribution >= 4 is 23.1 Å². The molecule has 1 atom stereocenters. The third kappa shape index (κ3) is 3.89. The number of carbonyl (C=O) groups excluding carboxylic acids is 1. The number of fused-ring (bicyclic) bond motifs is 1. The summed E-state index contributed by atoms with van der Waals surface area (Å²) in [4.78, 5) is 25.0. The first-order chi connectivity index (χ1) is 12.3. The van der Waals surface area contributed by atoms with E-state index in [2.05, 4.69) is 31.6 Å². The number of morpholine rings is 1. The maximum absolute atomic E-state index is 12.4. The van der Waals surface area contributed by atoms with Gasteiger partial charge in [0, 0.05) is 49.6 Å². The zero-order chi connectivity index (χ0) is 17.1. The molecule has 0 bridgehead atoms. The Morgan fingerprint density at radius 2 is 2.20 bits per heavy atom. The molecule has 7 heteroatoms. The first-order valence-corrected chi connectivity index (χ1v) is 9.64. The minimum Gasteiger partial charge on any atom is -0.379 e. The number of rotatable bonds is 5. The fourth-order valence-corrected chi connectivity index (χ4v) is 4.24. The van der Waals surface area contributed by atoms with Crippen molar-refractivity contribution in [2.45, 2.75) is 18.8 Å². The van der Waals surface area contributed by atoms with Crippen LogP contribution in [0.3, 0.4) is 0 Å². The van der Waals surface area contributed by atoms with Gasteiger partial charge in [-0.3, -0.25) is 9.69 Å². The van der Waals surface area contributed by atoms with Crippen LogP contribution in [0.15, 0.2) is 23.7 Å². The molecule has 0 unspecified atom stereocenters. The average molecular weight is 358 g/mol. The number of hydrogen-bond donors (Lipinski definition) is 1. The third-order valence-electron chi connectivity index (χ3n) is 4.80. The van der Waals surface area contributed by atoms with Crippen LogP contribution in [0.2, 0.25) is 0 Å². The first-order valence-electron chi connectivity index (χ1n) is 8.76. The van der Waals surface area contributed by atoms with Gasteiger partial charge in [-0.15, -0.1) is 11.3 Å². The minimum absolute atomic E-state index is 0.152.